The maximum Gasteiger partial charge on any atom is 0.455 e. The number of carbonyl (C=O) groups excluding carboxylic acids is 2. The molecule has 2 fully saturated rings. The number of hydrogen-bond acceptors (Lipinski definition) is 8. The molecule has 0 unspecified atom stereocenters. The van der Waals surface area contributed by atoms with Crippen LogP contribution >= 0.6 is 22.6 Å². The molecule has 3 aliphatic rings. The van der Waals surface area contributed by atoms with Crippen molar-refractivity contribution in [1.82, 2.24) is 4.98 Å². The summed E-state index contributed by atoms with van der Waals surface area (Å²) in [7, 11) is 1.46. The van der Waals surface area contributed by atoms with Crippen LogP contribution in [0.1, 0.15) is 41.6 Å². The highest BCUT2D eigenvalue weighted by molar-refractivity contribution is 14.1. The van der Waals surface area contributed by atoms with Crippen LogP contribution in [0.3, 0.4) is 0 Å². The van der Waals surface area contributed by atoms with E-state index in [0.29, 0.717) is 49.4 Å². The number of ether oxygens (including phenoxy) is 2. The van der Waals surface area contributed by atoms with Gasteiger partial charge < -0.3 is 24.3 Å². The number of hydrogen-bond donors (Lipinski definition) is 2. The van der Waals surface area contributed by atoms with Gasteiger partial charge in [-0.05, 0) is 125 Å². The van der Waals surface area contributed by atoms with E-state index in [2.05, 4.69) is 4.98 Å². The van der Waals surface area contributed by atoms with Crippen molar-refractivity contribution in [3.05, 3.63) is 91.8 Å². The third-order valence-electron chi connectivity index (χ3n) is 9.74. The summed E-state index contributed by atoms with van der Waals surface area (Å²) >= 11 is 1.98. The van der Waals surface area contributed by atoms with Crippen LogP contribution in [-0.2, 0) is 31.3 Å². The Morgan fingerprint density at radius 3 is 2.34 bits per heavy atom. The summed E-state index contributed by atoms with van der Waals surface area (Å²) in [6.45, 7) is 0.00291. The maximum atomic E-state index is 14.1. The lowest BCUT2D eigenvalue weighted by Gasteiger charge is -2.43. The molecule has 0 radical (unpaired) electrons. The Bertz CT molecular complexity index is 1940. The minimum Gasteiger partial charge on any atom is -0.504 e. The van der Waals surface area contributed by atoms with Crippen molar-refractivity contribution in [3.8, 4) is 11.5 Å². The van der Waals surface area contributed by atoms with Crippen LogP contribution < -0.4 is 9.64 Å². The summed E-state index contributed by atoms with van der Waals surface area (Å²) in [4.78, 5) is 32.8. The van der Waals surface area contributed by atoms with Crippen LogP contribution in [0.25, 0.3) is 11.6 Å². The molecule has 0 saturated carbocycles. The Morgan fingerprint density at radius 2 is 1.74 bits per heavy atom. The van der Waals surface area contributed by atoms with Gasteiger partial charge in [0.25, 0.3) is 0 Å². The number of fused-ring (bicyclic) bond motifs is 3. The van der Waals surface area contributed by atoms with Gasteiger partial charge in [0.1, 0.15) is 0 Å². The molecule has 1 aliphatic carbocycles. The first-order chi connectivity index (χ1) is 25.0. The number of amides is 2. The highest BCUT2D eigenvalue weighted by Crippen LogP contribution is 2.52. The van der Waals surface area contributed by atoms with Crippen molar-refractivity contribution < 1.29 is 60.2 Å². The monoisotopic (exact) mass is 856 g/mol. The molecule has 2 N–H and O–H groups in total. The third kappa shape index (κ3) is 7.84. The van der Waals surface area contributed by atoms with E-state index in [1.165, 1.54) is 14.2 Å². The van der Waals surface area contributed by atoms with E-state index < -0.39 is 72.0 Å². The largest absolute Gasteiger partial charge is 0.504 e. The van der Waals surface area contributed by atoms with E-state index in [4.69, 9.17) is 14.1 Å². The Balaban J connectivity index is 1.36. The van der Waals surface area contributed by atoms with Crippen LogP contribution in [-0.4, -0.2) is 61.0 Å². The first-order valence-corrected chi connectivity index (χ1v) is 17.5. The zero-order valence-corrected chi connectivity index (χ0v) is 30.3. The molecular weight excluding hydrogens is 824 g/mol. The minimum atomic E-state index is -5.19. The molecule has 6 rings (SSSR count). The van der Waals surface area contributed by atoms with Crippen molar-refractivity contribution in [2.75, 3.05) is 25.7 Å². The smallest absolute Gasteiger partial charge is 0.455 e. The second-order valence-electron chi connectivity index (χ2n) is 13.0. The van der Waals surface area contributed by atoms with Gasteiger partial charge in [0.15, 0.2) is 11.5 Å². The van der Waals surface area contributed by atoms with Crippen molar-refractivity contribution in [2.45, 2.75) is 44.0 Å². The highest BCUT2D eigenvalue weighted by Gasteiger charge is 2.58. The number of phenols is 1. The number of pyridine rings is 1. The van der Waals surface area contributed by atoms with E-state index in [0.717, 1.165) is 5.57 Å². The number of carbonyl (C=O) groups is 2. The fraction of sp³-hybridized carbons (Fsp3) is 0.361. The summed E-state index contributed by atoms with van der Waals surface area (Å²) < 4.78 is 99.8. The van der Waals surface area contributed by atoms with Crippen molar-refractivity contribution in [1.29, 1.82) is 0 Å². The fourth-order valence-electron chi connectivity index (χ4n) is 7.54. The molecule has 2 amide bonds. The van der Waals surface area contributed by atoms with E-state index in [-0.39, 0.29) is 43.3 Å². The molecule has 3 heterocycles. The second kappa shape index (κ2) is 15.1. The number of benzene rings is 2. The van der Waals surface area contributed by atoms with Crippen LogP contribution in [0, 0.1) is 21.3 Å². The van der Waals surface area contributed by atoms with Crippen LogP contribution in [0.2, 0.25) is 6.32 Å². The Morgan fingerprint density at radius 1 is 1.04 bits per heavy atom. The van der Waals surface area contributed by atoms with E-state index in [1.807, 2.05) is 40.8 Å². The lowest BCUT2D eigenvalue weighted by atomic mass is 9.58. The summed E-state index contributed by atoms with van der Waals surface area (Å²) in [5, 5.41) is 21.3. The zero-order valence-electron chi connectivity index (χ0n) is 28.2. The molecule has 0 bridgehead atoms. The maximum absolute atomic E-state index is 14.1. The Labute approximate surface area is 313 Å². The quantitative estimate of drug-likeness (QED) is 0.0752. The van der Waals surface area contributed by atoms with Gasteiger partial charge >= 0.3 is 19.5 Å². The normalized spacial score (nSPS) is 22.3. The van der Waals surface area contributed by atoms with Crippen molar-refractivity contribution in [3.63, 3.8) is 0 Å². The van der Waals surface area contributed by atoms with Gasteiger partial charge in [0, 0.05) is 13.3 Å². The third-order valence-corrected chi connectivity index (χ3v) is 10.6. The summed E-state index contributed by atoms with van der Waals surface area (Å²) in [5.74, 6) is -4.76. The number of rotatable bonds is 9. The number of anilines is 1. The zero-order chi connectivity index (χ0) is 38.4. The van der Waals surface area contributed by atoms with Crippen LogP contribution in [0.15, 0.2) is 65.9 Å². The fourth-order valence-corrected chi connectivity index (χ4v) is 8.17. The van der Waals surface area contributed by atoms with Gasteiger partial charge in [-0.15, -0.1) is 0 Å². The molecule has 2 saturated heterocycles. The summed E-state index contributed by atoms with van der Waals surface area (Å²) in [6, 6.07) is 9.46. The number of nitrogens with zero attached hydrogens (tertiary/aromatic N) is 2. The SMILES string of the molecule is COCC1=C2[C@@H](CC/C(=C/c3cc(I)c(O)c(OC)c3)c3ccccn3)OB(O)C[C@@H]2[C@@H]2C(=O)N(c3cc(C(F)(F)F)cc(C(F)(F)F)c3)C(=O)[C@@H]2C1. The highest BCUT2D eigenvalue weighted by atomic mass is 127. The van der Waals surface area contributed by atoms with E-state index in [9.17, 15) is 46.1 Å². The van der Waals surface area contributed by atoms with Gasteiger partial charge in [-0.1, -0.05) is 6.07 Å². The van der Waals surface area contributed by atoms with Gasteiger partial charge in [-0.25, -0.2) is 4.90 Å². The number of aromatic hydroxyl groups is 1. The summed E-state index contributed by atoms with van der Waals surface area (Å²) in [5.41, 5.74) is -0.871. The average Bonchev–Trinajstić information content (AvgIpc) is 3.35. The number of phenolic OH excluding ortho intramolecular Hbond substituents is 1. The first-order valence-electron chi connectivity index (χ1n) is 16.4. The molecule has 280 valence electrons. The van der Waals surface area contributed by atoms with E-state index >= 15 is 0 Å². The molecule has 1 aromatic heterocycles. The number of alkyl halides is 6. The number of allylic oxidation sites excluding steroid dienone is 1. The molecule has 9 nitrogen and oxygen atoms in total. The molecule has 0 spiro atoms. The molecule has 2 aromatic carbocycles. The Hall–Kier alpha value is -3.94. The summed E-state index contributed by atoms with van der Waals surface area (Å²) in [6.07, 6.45) is -7.33. The van der Waals surface area contributed by atoms with Gasteiger partial charge in [-0.3, -0.25) is 14.6 Å². The standard InChI is InChI=1S/C36H32BF6IN2O7/c1-51-17-20-12-24-31(34(49)46(33(24)48)23-14-21(35(38,39)40)13-22(15-23)36(41,42)43)25-16-37(50)53-28(30(20)25)7-6-19(27-5-3-4-8-45-27)9-18-10-26(44)32(47)29(11-18)52-2/h3-5,8-11,13-15,24-25,28,31,47,50H,6-7,12,16-17H2,1-2H3/b19-9-/t24-,25+,28-,31-/m1/s1. The van der Waals surface area contributed by atoms with Gasteiger partial charge in [-0.2, -0.15) is 26.3 Å². The predicted molar refractivity (Wildman–Crippen MR) is 189 cm³/mol. The van der Waals surface area contributed by atoms with E-state index in [1.54, 1.807) is 24.4 Å². The number of aromatic nitrogens is 1. The topological polar surface area (TPSA) is 118 Å². The first kappa shape index (κ1) is 38.8. The van der Waals surface area contributed by atoms with Crippen molar-refractivity contribution in [2.24, 2.45) is 17.8 Å². The van der Waals surface area contributed by atoms with Crippen LogP contribution in [0.4, 0.5) is 32.0 Å². The lowest BCUT2D eigenvalue weighted by Crippen LogP contribution is -2.46. The molecule has 3 aromatic rings. The van der Waals surface area contributed by atoms with Crippen LogP contribution in [0.5, 0.6) is 11.5 Å². The molecule has 4 atom stereocenters. The molecule has 53 heavy (non-hydrogen) atoms. The van der Waals surface area contributed by atoms with Crippen molar-refractivity contribution >= 4 is 58.9 Å². The molecular formula is C36H32BF6IN2O7. The van der Waals surface area contributed by atoms with Gasteiger partial charge in [0.2, 0.25) is 11.8 Å². The lowest BCUT2D eigenvalue weighted by molar-refractivity contribution is -0.143. The molecule has 2 aliphatic heterocycles. The number of imide groups is 1. The number of halogens is 7. The molecule has 17 heteroatoms. The number of methoxy groups -OCH3 is 2. The van der Waals surface area contributed by atoms with Gasteiger partial charge in [0.05, 0.1) is 57.7 Å². The Kier molecular flexibility index (Phi) is 11.0. The predicted octanol–water partition coefficient (Wildman–Crippen LogP) is 7.41. The second-order valence-corrected chi connectivity index (χ2v) is 14.2. The average molecular weight is 856 g/mol. The minimum absolute atomic E-state index is 0.00291.